The molecule has 204 valence electrons. The number of amidine groups is 1. The van der Waals surface area contributed by atoms with Crippen molar-refractivity contribution in [3.63, 3.8) is 0 Å². The van der Waals surface area contributed by atoms with Crippen LogP contribution in [0.2, 0.25) is 0 Å². The molecule has 1 fully saturated rings. The van der Waals surface area contributed by atoms with E-state index in [0.717, 1.165) is 11.3 Å². The highest BCUT2D eigenvalue weighted by Crippen LogP contribution is 2.24. The molecule has 1 aromatic carbocycles. The number of benzene rings is 1. The summed E-state index contributed by atoms with van der Waals surface area (Å²) in [5.74, 6) is -1.77. The number of thiazole rings is 1. The van der Waals surface area contributed by atoms with E-state index >= 15 is 0 Å². The molecule has 2 atom stereocenters. The predicted octanol–water partition coefficient (Wildman–Crippen LogP) is -1.000. The van der Waals surface area contributed by atoms with Crippen LogP contribution in [-0.2, 0) is 40.9 Å². The molecule has 1 aliphatic rings. The molecule has 7 N–H and O–H groups in total. The van der Waals surface area contributed by atoms with Crippen molar-refractivity contribution in [2.45, 2.75) is 25.6 Å². The Hall–Kier alpha value is -4.29. The minimum Gasteiger partial charge on any atom is -0.490 e. The van der Waals surface area contributed by atoms with Crippen LogP contribution < -0.4 is 21.5 Å². The quantitative estimate of drug-likeness (QED) is 0.0370. The number of hydrogen-bond acceptors (Lipinski definition) is 13. The van der Waals surface area contributed by atoms with Crippen LogP contribution in [0.15, 0.2) is 28.7 Å². The summed E-state index contributed by atoms with van der Waals surface area (Å²) in [7, 11) is -4.77. The van der Waals surface area contributed by atoms with E-state index in [1.54, 1.807) is 6.07 Å². The molecule has 1 aliphatic heterocycles. The van der Waals surface area contributed by atoms with Crippen molar-refractivity contribution < 1.29 is 41.7 Å². The number of nitrogens with zero attached hydrogens (tertiary/aromatic N) is 3. The molecule has 2 amide bonds. The molecule has 2 aromatic rings. The molecule has 0 saturated carbocycles. The molecule has 0 unspecified atom stereocenters. The lowest BCUT2D eigenvalue weighted by atomic mass is 10.0. The van der Waals surface area contributed by atoms with E-state index < -0.39 is 34.2 Å². The molecule has 38 heavy (non-hydrogen) atoms. The van der Waals surface area contributed by atoms with Gasteiger partial charge in [0.25, 0.3) is 18.3 Å². The van der Waals surface area contributed by atoms with E-state index in [9.17, 15) is 22.8 Å². The van der Waals surface area contributed by atoms with Gasteiger partial charge in [-0.25, -0.2) is 9.29 Å². The van der Waals surface area contributed by atoms with Crippen molar-refractivity contribution in [3.05, 3.63) is 40.4 Å². The maximum Gasteiger partial charge on any atom is 0.362 e. The number of anilines is 1. The van der Waals surface area contributed by atoms with Crippen molar-refractivity contribution in [2.75, 3.05) is 18.9 Å². The fourth-order valence-electron chi connectivity index (χ4n) is 3.34. The van der Waals surface area contributed by atoms with Crippen LogP contribution in [0, 0.1) is 5.41 Å². The van der Waals surface area contributed by atoms with Gasteiger partial charge < -0.3 is 31.1 Å². The zero-order valence-electron chi connectivity index (χ0n) is 19.7. The summed E-state index contributed by atoms with van der Waals surface area (Å²) in [6, 6.07) is 2.33. The molecule has 16 nitrogen and oxygen atoms in total. The van der Waals surface area contributed by atoms with E-state index in [0.29, 0.717) is 16.9 Å². The average molecular weight is 570 g/mol. The number of oxime groups is 1. The lowest BCUT2D eigenvalue weighted by Crippen LogP contribution is -2.71. The zero-order chi connectivity index (χ0) is 28.0. The lowest BCUT2D eigenvalue weighted by Gasteiger charge is -2.42. The number of β-lactam (4-membered cyclic amide) rings is 1. The molecule has 0 radical (unpaired) electrons. The highest BCUT2D eigenvalue weighted by Gasteiger charge is 2.51. The van der Waals surface area contributed by atoms with Gasteiger partial charge in [0.15, 0.2) is 17.5 Å². The number of carbonyl (C=O) groups is 3. The Balaban J connectivity index is 1.66. The first-order chi connectivity index (χ1) is 17.9. The number of carbonyl (C=O) groups excluding carboxylic acids is 3. The Morgan fingerprint density at radius 3 is 2.71 bits per heavy atom. The molecular weight excluding hydrogens is 546 g/mol. The van der Waals surface area contributed by atoms with Crippen LogP contribution in [0.5, 0.6) is 5.75 Å². The predicted molar refractivity (Wildman–Crippen MR) is 133 cm³/mol. The van der Waals surface area contributed by atoms with E-state index in [4.69, 9.17) is 35.7 Å². The summed E-state index contributed by atoms with van der Waals surface area (Å²) < 4.78 is 42.3. The van der Waals surface area contributed by atoms with Crippen molar-refractivity contribution in [3.8, 4) is 5.75 Å². The van der Waals surface area contributed by atoms with Gasteiger partial charge in [0.2, 0.25) is 0 Å². The average Bonchev–Trinajstić information content (AvgIpc) is 3.28. The summed E-state index contributed by atoms with van der Waals surface area (Å²) in [6.07, 6.45) is 0. The first-order valence-electron chi connectivity index (χ1n) is 10.6. The monoisotopic (exact) mass is 569 g/mol. The van der Waals surface area contributed by atoms with E-state index in [-0.39, 0.29) is 53.0 Å². The van der Waals surface area contributed by atoms with E-state index in [1.807, 2.05) is 0 Å². The van der Waals surface area contributed by atoms with Gasteiger partial charge in [-0.3, -0.25) is 24.3 Å². The van der Waals surface area contributed by atoms with Crippen molar-refractivity contribution in [1.82, 2.24) is 14.6 Å². The summed E-state index contributed by atoms with van der Waals surface area (Å²) in [5, 5.41) is 15.2. The van der Waals surface area contributed by atoms with Crippen LogP contribution in [0.3, 0.4) is 0 Å². The Kier molecular flexibility index (Phi) is 8.81. The number of rotatable bonds is 13. The Morgan fingerprint density at radius 1 is 1.39 bits per heavy atom. The maximum atomic E-state index is 12.8. The van der Waals surface area contributed by atoms with Gasteiger partial charge in [-0.15, -0.1) is 11.3 Å². The van der Waals surface area contributed by atoms with Crippen LogP contribution in [0.25, 0.3) is 0 Å². The molecule has 1 saturated heterocycles. The van der Waals surface area contributed by atoms with Gasteiger partial charge in [0.1, 0.15) is 36.5 Å². The number of nitrogens with two attached hydrogens (primary N) is 2. The highest BCUT2D eigenvalue weighted by atomic mass is 32.2. The van der Waals surface area contributed by atoms with Gasteiger partial charge >= 0.3 is 10.3 Å². The molecule has 0 bridgehead atoms. The van der Waals surface area contributed by atoms with Gasteiger partial charge in [-0.1, -0.05) is 5.16 Å². The van der Waals surface area contributed by atoms with Crippen molar-refractivity contribution in [2.24, 2.45) is 10.9 Å². The Morgan fingerprint density at radius 2 is 2.13 bits per heavy atom. The lowest BCUT2D eigenvalue weighted by molar-refractivity contribution is -0.143. The molecule has 0 spiro atoms. The normalized spacial score (nSPS) is 17.4. The largest absolute Gasteiger partial charge is 0.490 e. The topological polar surface area (TPSA) is 250 Å². The summed E-state index contributed by atoms with van der Waals surface area (Å²) >= 11 is 1.02. The van der Waals surface area contributed by atoms with E-state index in [1.165, 1.54) is 24.4 Å². The maximum absolute atomic E-state index is 12.8. The number of hydrogen-bond donors (Lipinski definition) is 5. The summed E-state index contributed by atoms with van der Waals surface area (Å²) in [4.78, 5) is 44.7. The Bertz CT molecular complexity index is 1380. The molecule has 1 aromatic heterocycles. The number of ether oxygens (including phenoxy) is 2. The third-order valence-corrected chi connectivity index (χ3v) is 6.80. The standard InChI is InChI=1S/C20H23N7O9S2/c1-10-15(19(30)27(10)38(31,32)33)25-18(29)16(13-8-37-20(23)24-13)26-36-5-4-35-14-3-2-11(17(21)22)6-12(14)7-34-9-28/h2-3,6,8-10,15H,4-5,7H2,1H3,(H3,21,22)(H2,23,24)(H,25,29)(H,31,32,33)/t10-,15-/m0/s1. The zero-order valence-corrected chi connectivity index (χ0v) is 21.3. The van der Waals surface area contributed by atoms with Gasteiger partial charge in [-0.05, 0) is 25.1 Å². The second-order valence-electron chi connectivity index (χ2n) is 7.64. The molecule has 18 heteroatoms. The fourth-order valence-corrected chi connectivity index (χ4v) is 4.77. The molecular formula is C20H23N7O9S2. The minimum atomic E-state index is -4.77. The van der Waals surface area contributed by atoms with Crippen LogP contribution in [0.4, 0.5) is 5.13 Å². The summed E-state index contributed by atoms with van der Waals surface area (Å²) in [6.45, 7) is 1.24. The Labute approximate surface area is 219 Å². The van der Waals surface area contributed by atoms with Gasteiger partial charge in [0.05, 0.1) is 6.04 Å². The third kappa shape index (κ3) is 6.52. The smallest absolute Gasteiger partial charge is 0.362 e. The SMILES string of the molecule is C[C@H]1[C@H](NC(=O)C(=NOCCOc2ccc(C(=N)N)cc2COC=O)c2csc(N)n2)C(=O)N1S(=O)(=O)O. The first-order valence-corrected chi connectivity index (χ1v) is 12.9. The van der Waals surface area contributed by atoms with Crippen LogP contribution in [0.1, 0.15) is 23.7 Å². The minimum absolute atomic E-state index is 0.0464. The molecule has 3 rings (SSSR count). The van der Waals surface area contributed by atoms with Gasteiger partial charge in [-0.2, -0.15) is 8.42 Å². The van der Waals surface area contributed by atoms with Crippen LogP contribution in [-0.4, -0.2) is 77.4 Å². The summed E-state index contributed by atoms with van der Waals surface area (Å²) in [5.41, 5.74) is 11.7. The second kappa shape index (κ2) is 11.8. The highest BCUT2D eigenvalue weighted by molar-refractivity contribution is 7.84. The second-order valence-corrected chi connectivity index (χ2v) is 9.82. The number of aromatic nitrogens is 1. The van der Waals surface area contributed by atoms with Crippen LogP contribution >= 0.6 is 11.3 Å². The van der Waals surface area contributed by atoms with Crippen molar-refractivity contribution >= 4 is 56.6 Å². The number of nitrogens with one attached hydrogen (secondary N) is 2. The number of amides is 2. The first kappa shape index (κ1) is 28.3. The van der Waals surface area contributed by atoms with Crippen molar-refractivity contribution in [1.29, 1.82) is 5.41 Å². The van der Waals surface area contributed by atoms with Gasteiger partial charge in [0, 0.05) is 16.5 Å². The molecule has 0 aliphatic carbocycles. The fraction of sp³-hybridized carbons (Fsp3) is 0.300. The van der Waals surface area contributed by atoms with E-state index in [2.05, 4.69) is 15.5 Å². The molecule has 2 heterocycles. The third-order valence-electron chi connectivity index (χ3n) is 5.12. The number of nitrogen functional groups attached to an aromatic ring is 2.